The first-order valence-corrected chi connectivity index (χ1v) is 9.85. The number of aromatic nitrogens is 6. The van der Waals surface area contributed by atoms with E-state index < -0.39 is 0 Å². The first kappa shape index (κ1) is 19.2. The quantitative estimate of drug-likeness (QED) is 0.383. The lowest BCUT2D eigenvalue weighted by Crippen LogP contribution is -2.22. The molecule has 32 heavy (non-hydrogen) atoms. The van der Waals surface area contributed by atoms with Crippen LogP contribution in [0.4, 0.5) is 11.4 Å². The summed E-state index contributed by atoms with van der Waals surface area (Å²) in [5.41, 5.74) is 7.26. The van der Waals surface area contributed by atoms with Gasteiger partial charge in [0.2, 0.25) is 0 Å². The molecule has 156 valence electrons. The Bertz CT molecular complexity index is 1390. The minimum atomic E-state index is -0.280. The van der Waals surface area contributed by atoms with Crippen LogP contribution in [0.1, 0.15) is 21.7 Å². The van der Waals surface area contributed by atoms with Gasteiger partial charge in [-0.3, -0.25) is 20.3 Å². The Balaban J connectivity index is 1.37. The Morgan fingerprint density at radius 2 is 1.81 bits per heavy atom. The zero-order chi connectivity index (χ0) is 21.8. The lowest BCUT2D eigenvalue weighted by Gasteiger charge is -2.12. The van der Waals surface area contributed by atoms with Crippen LogP contribution in [0.3, 0.4) is 0 Å². The molecule has 0 radical (unpaired) electrons. The van der Waals surface area contributed by atoms with Crippen molar-refractivity contribution in [2.24, 2.45) is 0 Å². The van der Waals surface area contributed by atoms with Crippen LogP contribution in [-0.2, 0) is 0 Å². The molecular weight excluding hydrogens is 404 g/mol. The van der Waals surface area contributed by atoms with Crippen LogP contribution in [0.2, 0.25) is 0 Å². The second-order valence-corrected chi connectivity index (χ2v) is 6.94. The van der Waals surface area contributed by atoms with Crippen molar-refractivity contribution < 1.29 is 4.79 Å². The fraction of sp³-hybridized carbons (Fsp3) is 0. The lowest BCUT2D eigenvalue weighted by atomic mass is 10.1. The molecule has 3 N–H and O–H groups in total. The van der Waals surface area contributed by atoms with Gasteiger partial charge >= 0.3 is 0 Å². The van der Waals surface area contributed by atoms with Gasteiger partial charge in [-0.25, -0.2) is 4.68 Å². The van der Waals surface area contributed by atoms with E-state index in [2.05, 4.69) is 36.1 Å². The fourth-order valence-corrected chi connectivity index (χ4v) is 3.27. The summed E-state index contributed by atoms with van der Waals surface area (Å²) in [6.45, 7) is 0. The summed E-state index contributed by atoms with van der Waals surface area (Å²) in [6.07, 6.45) is 8.44. The highest BCUT2D eigenvalue weighted by Gasteiger charge is 2.12. The van der Waals surface area contributed by atoms with Gasteiger partial charge in [-0.15, -0.1) is 10.2 Å². The first-order valence-electron chi connectivity index (χ1n) is 9.85. The number of H-pyrrole nitrogens is 1. The van der Waals surface area contributed by atoms with E-state index in [1.807, 2.05) is 66.7 Å². The van der Waals surface area contributed by atoms with E-state index >= 15 is 0 Å². The van der Waals surface area contributed by atoms with Crippen LogP contribution < -0.4 is 10.7 Å². The second-order valence-electron chi connectivity index (χ2n) is 6.94. The topological polar surface area (TPSA) is 113 Å². The molecule has 0 aliphatic rings. The maximum atomic E-state index is 12.7. The maximum absolute atomic E-state index is 12.7. The molecule has 0 atom stereocenters. The molecule has 9 heteroatoms. The molecule has 0 aliphatic carbocycles. The second kappa shape index (κ2) is 8.52. The molecule has 1 amide bonds. The average molecular weight is 422 g/mol. The number of aromatic amines is 1. The van der Waals surface area contributed by atoms with Crippen LogP contribution in [-0.4, -0.2) is 36.0 Å². The Kier molecular flexibility index (Phi) is 5.11. The van der Waals surface area contributed by atoms with Crippen LogP contribution >= 0.6 is 0 Å². The van der Waals surface area contributed by atoms with Gasteiger partial charge in [0.05, 0.1) is 28.2 Å². The number of amides is 1. The SMILES string of the molecule is O=C(Nn1cnnc1)c1ccccc1Nc1ccc2c(/C=C/c3ccccn3)n[nH]c2c1. The summed E-state index contributed by atoms with van der Waals surface area (Å²) >= 11 is 0. The number of benzene rings is 2. The molecule has 3 heterocycles. The number of pyridine rings is 1. The predicted molar refractivity (Wildman–Crippen MR) is 123 cm³/mol. The molecule has 0 unspecified atom stereocenters. The molecule has 2 aromatic carbocycles. The Morgan fingerprint density at radius 3 is 2.66 bits per heavy atom. The minimum absolute atomic E-state index is 0.280. The monoisotopic (exact) mass is 422 g/mol. The molecule has 0 bridgehead atoms. The molecule has 3 aromatic heterocycles. The lowest BCUT2D eigenvalue weighted by molar-refractivity contribution is 0.101. The van der Waals surface area contributed by atoms with Crippen molar-refractivity contribution in [1.82, 2.24) is 30.1 Å². The summed E-state index contributed by atoms with van der Waals surface area (Å²) in [7, 11) is 0. The number of para-hydroxylation sites is 1. The van der Waals surface area contributed by atoms with Crippen LogP contribution in [0.5, 0.6) is 0 Å². The Hall–Kier alpha value is -4.79. The molecule has 5 rings (SSSR count). The van der Waals surface area contributed by atoms with Gasteiger partial charge in [-0.1, -0.05) is 18.2 Å². The van der Waals surface area contributed by atoms with Crippen LogP contribution in [0, 0.1) is 0 Å². The molecule has 9 nitrogen and oxygen atoms in total. The van der Waals surface area contributed by atoms with Crippen molar-refractivity contribution in [1.29, 1.82) is 0 Å². The summed E-state index contributed by atoms with van der Waals surface area (Å²) in [5, 5.41) is 19.1. The van der Waals surface area contributed by atoms with Crippen molar-refractivity contribution in [2.45, 2.75) is 0 Å². The van der Waals surface area contributed by atoms with Gasteiger partial charge in [-0.2, -0.15) is 5.10 Å². The highest BCUT2D eigenvalue weighted by molar-refractivity contribution is 6.05. The third kappa shape index (κ3) is 4.08. The van der Waals surface area contributed by atoms with Crippen molar-refractivity contribution in [3.63, 3.8) is 0 Å². The van der Waals surface area contributed by atoms with Gasteiger partial charge in [0.1, 0.15) is 12.7 Å². The third-order valence-corrected chi connectivity index (χ3v) is 4.79. The molecular formula is C23H18N8O. The smallest absolute Gasteiger partial charge is 0.272 e. The fourth-order valence-electron chi connectivity index (χ4n) is 3.27. The number of fused-ring (bicyclic) bond motifs is 1. The van der Waals surface area contributed by atoms with Gasteiger partial charge in [0, 0.05) is 17.3 Å². The predicted octanol–water partition coefficient (Wildman–Crippen LogP) is 3.85. The van der Waals surface area contributed by atoms with E-state index in [-0.39, 0.29) is 5.91 Å². The summed E-state index contributed by atoms with van der Waals surface area (Å²) < 4.78 is 1.40. The summed E-state index contributed by atoms with van der Waals surface area (Å²) in [5.74, 6) is -0.280. The normalized spacial score (nSPS) is 11.1. The number of carbonyl (C=O) groups excluding carboxylic acids is 1. The molecule has 0 spiro atoms. The number of nitrogens with one attached hydrogen (secondary N) is 3. The van der Waals surface area contributed by atoms with E-state index in [0.717, 1.165) is 28.0 Å². The van der Waals surface area contributed by atoms with Crippen molar-refractivity contribution >= 4 is 40.3 Å². The van der Waals surface area contributed by atoms with Crippen LogP contribution in [0.25, 0.3) is 23.1 Å². The summed E-state index contributed by atoms with van der Waals surface area (Å²) in [4.78, 5) is 17.0. The zero-order valence-corrected chi connectivity index (χ0v) is 16.8. The third-order valence-electron chi connectivity index (χ3n) is 4.79. The van der Waals surface area contributed by atoms with E-state index in [0.29, 0.717) is 11.3 Å². The molecule has 5 aromatic rings. The number of carbonyl (C=O) groups is 1. The standard InChI is InChI=1S/C23H18N8O/c32-23(30-31-14-25-26-15-31)19-6-1-2-7-20(19)27-17-8-10-18-21(28-29-22(18)13-17)11-9-16-5-3-4-12-24-16/h1-15,27H,(H,28,29)(H,30,32)/b11-9+. The largest absolute Gasteiger partial charge is 0.355 e. The molecule has 0 fully saturated rings. The van der Waals surface area contributed by atoms with E-state index in [4.69, 9.17) is 0 Å². The zero-order valence-electron chi connectivity index (χ0n) is 16.8. The Labute approximate surface area is 182 Å². The van der Waals surface area contributed by atoms with Crippen molar-refractivity contribution in [2.75, 3.05) is 10.7 Å². The number of nitrogens with zero attached hydrogens (tertiary/aromatic N) is 5. The molecule has 0 aliphatic heterocycles. The maximum Gasteiger partial charge on any atom is 0.272 e. The van der Waals surface area contributed by atoms with Crippen molar-refractivity contribution in [3.8, 4) is 0 Å². The highest BCUT2D eigenvalue weighted by Crippen LogP contribution is 2.26. The van der Waals surface area contributed by atoms with E-state index in [1.165, 1.54) is 17.3 Å². The van der Waals surface area contributed by atoms with Gasteiger partial charge < -0.3 is 5.32 Å². The van der Waals surface area contributed by atoms with Crippen molar-refractivity contribution in [3.05, 3.63) is 96.5 Å². The molecule has 0 saturated heterocycles. The highest BCUT2D eigenvalue weighted by atomic mass is 16.2. The number of hydrogen-bond donors (Lipinski definition) is 3. The van der Waals surface area contributed by atoms with Crippen LogP contribution in [0.15, 0.2) is 79.5 Å². The number of rotatable bonds is 6. The Morgan fingerprint density at radius 1 is 0.969 bits per heavy atom. The van der Waals surface area contributed by atoms with Gasteiger partial charge in [-0.05, 0) is 54.6 Å². The first-order chi connectivity index (χ1) is 15.8. The van der Waals surface area contributed by atoms with E-state index in [9.17, 15) is 4.79 Å². The number of hydrogen-bond acceptors (Lipinski definition) is 6. The number of anilines is 2. The average Bonchev–Trinajstić information content (AvgIpc) is 3.48. The summed E-state index contributed by atoms with van der Waals surface area (Å²) in [6, 6.07) is 18.9. The minimum Gasteiger partial charge on any atom is -0.355 e. The van der Waals surface area contributed by atoms with Gasteiger partial charge in [0.25, 0.3) is 5.91 Å². The van der Waals surface area contributed by atoms with E-state index in [1.54, 1.807) is 12.3 Å². The van der Waals surface area contributed by atoms with Gasteiger partial charge in [0.15, 0.2) is 0 Å². The molecule has 0 saturated carbocycles.